The summed E-state index contributed by atoms with van der Waals surface area (Å²) in [6.07, 6.45) is 1.53. The van der Waals surface area contributed by atoms with Crippen molar-refractivity contribution in [1.29, 1.82) is 0 Å². The van der Waals surface area contributed by atoms with E-state index in [2.05, 4.69) is 26.2 Å². The average Bonchev–Trinajstić information content (AvgIpc) is 2.38. The number of carboxylic acids is 1. The molecule has 2 rings (SSSR count). The Hall–Kier alpha value is -2.21. The van der Waals surface area contributed by atoms with Crippen molar-refractivity contribution in [2.45, 2.75) is 6.92 Å². The molecule has 1 aromatic carbocycles. The van der Waals surface area contributed by atoms with Crippen LogP contribution in [0.15, 0.2) is 41.0 Å². The van der Waals surface area contributed by atoms with Crippen molar-refractivity contribution < 1.29 is 14.7 Å². The minimum absolute atomic E-state index is 0.0902. The van der Waals surface area contributed by atoms with E-state index in [1.54, 1.807) is 25.1 Å². The summed E-state index contributed by atoms with van der Waals surface area (Å²) in [6, 6.07) is 8.01. The van der Waals surface area contributed by atoms with Crippen LogP contribution in [-0.4, -0.2) is 22.0 Å². The van der Waals surface area contributed by atoms with Gasteiger partial charge in [-0.05, 0) is 36.8 Å². The van der Waals surface area contributed by atoms with Crippen molar-refractivity contribution in [2.24, 2.45) is 0 Å². The third kappa shape index (κ3) is 3.21. The van der Waals surface area contributed by atoms with Gasteiger partial charge in [0.1, 0.15) is 5.69 Å². The monoisotopic (exact) mass is 334 g/mol. The minimum Gasteiger partial charge on any atom is -0.478 e. The zero-order valence-corrected chi connectivity index (χ0v) is 12.1. The normalized spacial score (nSPS) is 10.1. The number of carbonyl (C=O) groups is 2. The Bertz CT molecular complexity index is 686. The highest BCUT2D eigenvalue weighted by molar-refractivity contribution is 9.10. The molecule has 2 N–H and O–H groups in total. The Labute approximate surface area is 123 Å². The van der Waals surface area contributed by atoms with Crippen LogP contribution in [0.25, 0.3) is 0 Å². The van der Waals surface area contributed by atoms with E-state index < -0.39 is 5.97 Å². The Morgan fingerprint density at radius 1 is 1.30 bits per heavy atom. The quantitative estimate of drug-likeness (QED) is 0.903. The molecule has 0 saturated carbocycles. The Kier molecular flexibility index (Phi) is 4.14. The second-order valence-corrected chi connectivity index (χ2v) is 5.07. The smallest absolute Gasteiger partial charge is 0.335 e. The molecule has 6 heteroatoms. The maximum atomic E-state index is 12.1. The summed E-state index contributed by atoms with van der Waals surface area (Å²) >= 11 is 3.21. The van der Waals surface area contributed by atoms with Crippen molar-refractivity contribution >= 4 is 33.5 Å². The topological polar surface area (TPSA) is 79.3 Å². The number of hydrogen-bond acceptors (Lipinski definition) is 3. The van der Waals surface area contributed by atoms with Gasteiger partial charge in [-0.1, -0.05) is 22.0 Å². The molecule has 0 aliphatic rings. The van der Waals surface area contributed by atoms with E-state index in [0.717, 1.165) is 5.56 Å². The molecule has 0 bridgehead atoms. The third-order valence-corrected chi connectivity index (χ3v) is 3.08. The second-order valence-electron chi connectivity index (χ2n) is 4.16. The molecular formula is C14H11BrN2O3. The highest BCUT2D eigenvalue weighted by atomic mass is 79.9. The molecule has 1 heterocycles. The Morgan fingerprint density at radius 3 is 2.70 bits per heavy atom. The van der Waals surface area contributed by atoms with Gasteiger partial charge in [-0.15, -0.1) is 0 Å². The summed E-state index contributed by atoms with van der Waals surface area (Å²) in [7, 11) is 0. The van der Waals surface area contributed by atoms with Gasteiger partial charge in [0.15, 0.2) is 0 Å². The lowest BCUT2D eigenvalue weighted by Gasteiger charge is -2.08. The summed E-state index contributed by atoms with van der Waals surface area (Å²) in [5.74, 6) is -1.44. The van der Waals surface area contributed by atoms with Crippen molar-refractivity contribution in [2.75, 3.05) is 5.32 Å². The molecule has 1 aromatic heterocycles. The number of aromatic nitrogens is 1. The highest BCUT2D eigenvalue weighted by Crippen LogP contribution is 2.20. The molecule has 102 valence electrons. The van der Waals surface area contributed by atoms with Gasteiger partial charge in [0.05, 0.1) is 5.56 Å². The lowest BCUT2D eigenvalue weighted by Crippen LogP contribution is -2.15. The number of benzene rings is 1. The summed E-state index contributed by atoms with van der Waals surface area (Å²) in [5, 5.41) is 11.6. The summed E-state index contributed by atoms with van der Waals surface area (Å²) in [4.78, 5) is 27.1. The zero-order valence-electron chi connectivity index (χ0n) is 10.6. The van der Waals surface area contributed by atoms with Gasteiger partial charge < -0.3 is 10.4 Å². The third-order valence-electron chi connectivity index (χ3n) is 2.63. The number of pyridine rings is 1. The molecule has 20 heavy (non-hydrogen) atoms. The number of aryl methyl sites for hydroxylation is 1. The summed E-state index contributed by atoms with van der Waals surface area (Å²) in [6.45, 7) is 1.78. The molecule has 1 amide bonds. The standard InChI is InChI=1S/C14H11BrN2O3/c1-8-3-2-4-16-12(8)13(18)17-11-6-9(14(19)20)5-10(15)7-11/h2-7H,1H3,(H,17,18)(H,19,20). The van der Waals surface area contributed by atoms with Gasteiger partial charge in [0.2, 0.25) is 0 Å². The zero-order chi connectivity index (χ0) is 14.7. The predicted octanol–water partition coefficient (Wildman–Crippen LogP) is 3.10. The molecule has 0 radical (unpaired) electrons. The Balaban J connectivity index is 2.28. The van der Waals surface area contributed by atoms with Crippen LogP contribution in [0.3, 0.4) is 0 Å². The molecule has 0 saturated heterocycles. The number of hydrogen-bond donors (Lipinski definition) is 2. The van der Waals surface area contributed by atoms with E-state index in [0.29, 0.717) is 15.9 Å². The molecule has 0 atom stereocenters. The fourth-order valence-electron chi connectivity index (χ4n) is 1.70. The fourth-order valence-corrected chi connectivity index (χ4v) is 2.19. The van der Waals surface area contributed by atoms with Crippen LogP contribution in [0, 0.1) is 6.92 Å². The van der Waals surface area contributed by atoms with E-state index in [9.17, 15) is 9.59 Å². The number of halogens is 1. The van der Waals surface area contributed by atoms with Gasteiger partial charge in [0.25, 0.3) is 5.91 Å². The van der Waals surface area contributed by atoms with E-state index in [4.69, 9.17) is 5.11 Å². The molecule has 0 aliphatic carbocycles. The van der Waals surface area contributed by atoms with Gasteiger partial charge >= 0.3 is 5.97 Å². The molecule has 0 unspecified atom stereocenters. The van der Waals surface area contributed by atoms with Crippen LogP contribution in [0.5, 0.6) is 0 Å². The van der Waals surface area contributed by atoms with Gasteiger partial charge in [0, 0.05) is 16.4 Å². The van der Waals surface area contributed by atoms with Gasteiger partial charge in [-0.2, -0.15) is 0 Å². The molecule has 0 aliphatic heterocycles. The minimum atomic E-state index is -1.06. The first-order chi connectivity index (χ1) is 9.47. The fraction of sp³-hybridized carbons (Fsp3) is 0.0714. The average molecular weight is 335 g/mol. The number of nitrogens with one attached hydrogen (secondary N) is 1. The first-order valence-electron chi connectivity index (χ1n) is 5.74. The van der Waals surface area contributed by atoms with Crippen LogP contribution in [0.2, 0.25) is 0 Å². The van der Waals surface area contributed by atoms with Crippen molar-refractivity contribution in [3.05, 3.63) is 57.8 Å². The van der Waals surface area contributed by atoms with Gasteiger partial charge in [-0.25, -0.2) is 4.79 Å². The number of carbonyl (C=O) groups excluding carboxylic acids is 1. The molecule has 5 nitrogen and oxygen atoms in total. The van der Waals surface area contributed by atoms with Crippen LogP contribution in [0.1, 0.15) is 26.4 Å². The molecule has 0 fully saturated rings. The van der Waals surface area contributed by atoms with E-state index in [1.165, 1.54) is 18.3 Å². The summed E-state index contributed by atoms with van der Waals surface area (Å²) in [5.41, 5.74) is 1.54. The first-order valence-corrected chi connectivity index (χ1v) is 6.53. The van der Waals surface area contributed by atoms with Crippen molar-refractivity contribution in [3.63, 3.8) is 0 Å². The predicted molar refractivity (Wildman–Crippen MR) is 78.0 cm³/mol. The van der Waals surface area contributed by atoms with Crippen LogP contribution < -0.4 is 5.32 Å². The van der Waals surface area contributed by atoms with Crippen molar-refractivity contribution in [3.8, 4) is 0 Å². The number of rotatable bonds is 3. The number of carboxylic acid groups (broad SMARTS) is 1. The Morgan fingerprint density at radius 2 is 2.05 bits per heavy atom. The largest absolute Gasteiger partial charge is 0.478 e. The number of aromatic carboxylic acids is 1. The van der Waals surface area contributed by atoms with Crippen LogP contribution >= 0.6 is 15.9 Å². The van der Waals surface area contributed by atoms with Crippen molar-refractivity contribution in [1.82, 2.24) is 4.98 Å². The van der Waals surface area contributed by atoms with E-state index in [1.807, 2.05) is 0 Å². The maximum Gasteiger partial charge on any atom is 0.335 e. The molecule has 0 spiro atoms. The number of anilines is 1. The first kappa shape index (κ1) is 14.2. The van der Waals surface area contributed by atoms with Crippen LogP contribution in [0.4, 0.5) is 5.69 Å². The lowest BCUT2D eigenvalue weighted by molar-refractivity contribution is 0.0696. The maximum absolute atomic E-state index is 12.1. The molecule has 2 aromatic rings. The lowest BCUT2D eigenvalue weighted by atomic mass is 10.2. The van der Waals surface area contributed by atoms with E-state index in [-0.39, 0.29) is 11.5 Å². The number of nitrogens with zero attached hydrogens (tertiary/aromatic N) is 1. The highest BCUT2D eigenvalue weighted by Gasteiger charge is 2.12. The SMILES string of the molecule is Cc1cccnc1C(=O)Nc1cc(Br)cc(C(=O)O)c1. The number of amides is 1. The second kappa shape index (κ2) is 5.83. The summed E-state index contributed by atoms with van der Waals surface area (Å²) < 4.78 is 0.574. The van der Waals surface area contributed by atoms with Gasteiger partial charge in [-0.3, -0.25) is 9.78 Å². The van der Waals surface area contributed by atoms with Crippen LogP contribution in [-0.2, 0) is 0 Å². The van der Waals surface area contributed by atoms with E-state index >= 15 is 0 Å². The molecular weight excluding hydrogens is 324 g/mol.